The molecule has 0 unspecified atom stereocenters. The molecule has 2 heterocycles. The van der Waals surface area contributed by atoms with Crippen molar-refractivity contribution < 1.29 is 13.9 Å². The molecular formula is C20H15FN2O2S. The van der Waals surface area contributed by atoms with Gasteiger partial charge in [-0.3, -0.25) is 9.20 Å². The van der Waals surface area contributed by atoms with Crippen LogP contribution in [0.15, 0.2) is 48.5 Å². The van der Waals surface area contributed by atoms with Crippen LogP contribution in [0, 0.1) is 12.7 Å². The number of hydrogen-bond acceptors (Lipinski definition) is 4. The summed E-state index contributed by atoms with van der Waals surface area (Å²) in [5, 5.41) is 0. The van der Waals surface area contributed by atoms with Crippen LogP contribution in [0.2, 0.25) is 0 Å². The van der Waals surface area contributed by atoms with Gasteiger partial charge in [0.05, 0.1) is 12.8 Å². The molecule has 0 spiro atoms. The van der Waals surface area contributed by atoms with Crippen molar-refractivity contribution in [1.29, 1.82) is 0 Å². The van der Waals surface area contributed by atoms with Crippen molar-refractivity contribution in [2.24, 2.45) is 0 Å². The first-order chi connectivity index (χ1) is 12.6. The van der Waals surface area contributed by atoms with Crippen LogP contribution in [0.1, 0.15) is 15.4 Å². The maximum atomic E-state index is 13.2. The number of rotatable bonds is 4. The Bertz CT molecular complexity index is 1100. The van der Waals surface area contributed by atoms with Gasteiger partial charge in [-0.1, -0.05) is 0 Å². The normalized spacial score (nSPS) is 11.0. The molecule has 4 rings (SSSR count). The van der Waals surface area contributed by atoms with Crippen LogP contribution in [0.25, 0.3) is 27.5 Å². The summed E-state index contributed by atoms with van der Waals surface area (Å²) >= 11 is 1.52. The van der Waals surface area contributed by atoms with Gasteiger partial charge in [-0.25, -0.2) is 9.37 Å². The van der Waals surface area contributed by atoms with E-state index in [1.54, 1.807) is 19.2 Å². The van der Waals surface area contributed by atoms with Crippen LogP contribution in [-0.2, 0) is 0 Å². The van der Waals surface area contributed by atoms with Gasteiger partial charge in [0.25, 0.3) is 0 Å². The van der Waals surface area contributed by atoms with Gasteiger partial charge >= 0.3 is 0 Å². The monoisotopic (exact) mass is 366 g/mol. The molecule has 2 aromatic carbocycles. The molecular weight excluding hydrogens is 351 g/mol. The number of aromatic nitrogens is 2. The molecule has 0 saturated heterocycles. The molecule has 4 nitrogen and oxygen atoms in total. The van der Waals surface area contributed by atoms with Crippen LogP contribution in [0.4, 0.5) is 4.39 Å². The largest absolute Gasteiger partial charge is 0.497 e. The van der Waals surface area contributed by atoms with E-state index in [9.17, 15) is 9.18 Å². The van der Waals surface area contributed by atoms with Crippen LogP contribution in [-0.4, -0.2) is 22.8 Å². The number of carbonyl (C=O) groups excluding carboxylic acids is 1. The Kier molecular flexibility index (Phi) is 4.05. The van der Waals surface area contributed by atoms with Gasteiger partial charge in [-0.2, -0.15) is 0 Å². The molecule has 0 fully saturated rings. The third-order valence-electron chi connectivity index (χ3n) is 4.28. The fraction of sp³-hybridized carbons (Fsp3) is 0.100. The lowest BCUT2D eigenvalue weighted by Gasteiger charge is -2.06. The molecule has 26 heavy (non-hydrogen) atoms. The number of thiazole rings is 1. The van der Waals surface area contributed by atoms with Gasteiger partial charge in [0.1, 0.15) is 23.0 Å². The predicted octanol–water partition coefficient (Wildman–Crippen LogP) is 5.00. The molecule has 0 bridgehead atoms. The zero-order valence-corrected chi connectivity index (χ0v) is 15.0. The number of carbonyl (C=O) groups is 1. The number of methoxy groups -OCH3 is 1. The molecule has 130 valence electrons. The van der Waals surface area contributed by atoms with Crippen LogP contribution in [0.3, 0.4) is 0 Å². The molecule has 0 N–H and O–H groups in total. The number of ether oxygens (including phenoxy) is 1. The average Bonchev–Trinajstić information content (AvgIpc) is 3.16. The first kappa shape index (κ1) is 16.5. The van der Waals surface area contributed by atoms with Gasteiger partial charge in [0.2, 0.25) is 0 Å². The number of nitrogens with zero attached hydrogens (tertiary/aromatic N) is 2. The second-order valence-corrected chi connectivity index (χ2v) is 7.01. The second-order valence-electron chi connectivity index (χ2n) is 5.82. The highest BCUT2D eigenvalue weighted by Gasteiger charge is 2.21. The van der Waals surface area contributed by atoms with E-state index in [1.165, 1.54) is 23.5 Å². The Morgan fingerprint density at radius 1 is 1.08 bits per heavy atom. The Hall–Kier alpha value is -2.99. The lowest BCUT2D eigenvalue weighted by atomic mass is 10.1. The summed E-state index contributed by atoms with van der Waals surface area (Å²) in [6.07, 6.45) is 0.803. The van der Waals surface area contributed by atoms with E-state index in [4.69, 9.17) is 4.74 Å². The Balaban J connectivity index is 1.95. The number of hydrogen-bond donors (Lipinski definition) is 0. The summed E-state index contributed by atoms with van der Waals surface area (Å²) < 4.78 is 20.3. The molecule has 0 aliphatic heterocycles. The number of aldehydes is 1. The van der Waals surface area contributed by atoms with Crippen molar-refractivity contribution in [3.63, 3.8) is 0 Å². The molecule has 0 radical (unpaired) electrons. The van der Waals surface area contributed by atoms with Crippen molar-refractivity contribution in [2.75, 3.05) is 7.11 Å². The zero-order valence-electron chi connectivity index (χ0n) is 14.2. The van der Waals surface area contributed by atoms with Gasteiger partial charge in [-0.15, -0.1) is 11.3 Å². The second kappa shape index (κ2) is 6.38. The van der Waals surface area contributed by atoms with Crippen molar-refractivity contribution >= 4 is 22.6 Å². The zero-order chi connectivity index (χ0) is 18.3. The Morgan fingerprint density at radius 2 is 1.73 bits per heavy atom. The molecule has 0 aliphatic rings. The number of fused-ring (bicyclic) bond motifs is 1. The minimum Gasteiger partial charge on any atom is -0.497 e. The van der Waals surface area contributed by atoms with Crippen LogP contribution in [0.5, 0.6) is 5.75 Å². The first-order valence-electron chi connectivity index (χ1n) is 7.99. The van der Waals surface area contributed by atoms with Crippen molar-refractivity contribution in [2.45, 2.75) is 6.92 Å². The average molecular weight is 366 g/mol. The van der Waals surface area contributed by atoms with Crippen LogP contribution >= 0.6 is 11.3 Å². The molecule has 2 aromatic heterocycles. The topological polar surface area (TPSA) is 43.6 Å². The summed E-state index contributed by atoms with van der Waals surface area (Å²) in [6.45, 7) is 2.01. The summed E-state index contributed by atoms with van der Waals surface area (Å²) in [7, 11) is 1.62. The van der Waals surface area contributed by atoms with E-state index in [1.807, 2.05) is 35.6 Å². The lowest BCUT2D eigenvalue weighted by Crippen LogP contribution is -1.95. The molecule has 0 aliphatic carbocycles. The molecule has 0 amide bonds. The number of halogens is 1. The van der Waals surface area contributed by atoms with E-state index in [0.717, 1.165) is 33.1 Å². The lowest BCUT2D eigenvalue weighted by molar-refractivity contribution is 0.111. The van der Waals surface area contributed by atoms with Gasteiger partial charge in [-0.05, 0) is 61.0 Å². The quantitative estimate of drug-likeness (QED) is 0.478. The SMILES string of the molecule is COc1ccc(-c2c(C)sc3nc(-c4ccc(F)cc4)c(C=O)n23)cc1. The fourth-order valence-electron chi connectivity index (χ4n) is 3.05. The van der Waals surface area contributed by atoms with Crippen LogP contribution < -0.4 is 4.74 Å². The van der Waals surface area contributed by atoms with Crippen molar-refractivity contribution in [3.8, 4) is 28.3 Å². The Morgan fingerprint density at radius 3 is 2.35 bits per heavy atom. The smallest absolute Gasteiger partial charge is 0.195 e. The number of aryl methyl sites for hydroxylation is 1. The fourth-order valence-corrected chi connectivity index (χ4v) is 4.05. The van der Waals surface area contributed by atoms with E-state index in [2.05, 4.69) is 4.98 Å². The highest BCUT2D eigenvalue weighted by molar-refractivity contribution is 7.17. The predicted molar refractivity (Wildman–Crippen MR) is 101 cm³/mol. The van der Waals surface area contributed by atoms with Crippen molar-refractivity contribution in [3.05, 3.63) is 64.9 Å². The summed E-state index contributed by atoms with van der Waals surface area (Å²) in [6, 6.07) is 13.7. The standard InChI is InChI=1S/C20H15FN2O2S/c1-12-19(14-5-9-16(25-2)10-6-14)23-17(11-24)18(22-20(23)26-12)13-3-7-15(21)8-4-13/h3-11H,1-2H3. The summed E-state index contributed by atoms with van der Waals surface area (Å²) in [5.74, 6) is 0.448. The Labute approximate surface area is 153 Å². The highest BCUT2D eigenvalue weighted by atomic mass is 32.1. The minimum absolute atomic E-state index is 0.322. The number of benzene rings is 2. The first-order valence-corrected chi connectivity index (χ1v) is 8.81. The van der Waals surface area contributed by atoms with E-state index in [0.29, 0.717) is 17.0 Å². The van der Waals surface area contributed by atoms with Gasteiger partial charge in [0.15, 0.2) is 11.2 Å². The molecule has 4 aromatic rings. The highest BCUT2D eigenvalue weighted by Crippen LogP contribution is 2.36. The van der Waals surface area contributed by atoms with Gasteiger partial charge in [0, 0.05) is 10.4 Å². The number of imidazole rings is 1. The molecule has 0 atom stereocenters. The summed E-state index contributed by atoms with van der Waals surface area (Å²) in [4.78, 5) is 18.3. The third kappa shape index (κ3) is 2.59. The van der Waals surface area contributed by atoms with E-state index in [-0.39, 0.29) is 5.82 Å². The molecule has 6 heteroatoms. The van der Waals surface area contributed by atoms with Gasteiger partial charge < -0.3 is 4.74 Å². The third-order valence-corrected chi connectivity index (χ3v) is 5.23. The maximum Gasteiger partial charge on any atom is 0.195 e. The van der Waals surface area contributed by atoms with E-state index < -0.39 is 0 Å². The minimum atomic E-state index is -0.322. The maximum absolute atomic E-state index is 13.2. The van der Waals surface area contributed by atoms with E-state index >= 15 is 0 Å². The molecule has 0 saturated carbocycles. The summed E-state index contributed by atoms with van der Waals surface area (Å²) in [5.41, 5.74) is 3.63. The van der Waals surface area contributed by atoms with Crippen molar-refractivity contribution in [1.82, 2.24) is 9.38 Å².